The molecule has 0 saturated heterocycles. The van der Waals surface area contributed by atoms with Gasteiger partial charge in [-0.2, -0.15) is 0 Å². The molecule has 0 amide bonds. The Hall–Kier alpha value is -0.810. The highest BCUT2D eigenvalue weighted by atomic mass is 16.5. The first kappa shape index (κ1) is 17.2. The normalized spacial score (nSPS) is 26.4. The molecule has 1 fully saturated rings. The van der Waals surface area contributed by atoms with Crippen LogP contribution in [0.5, 0.6) is 0 Å². The molecule has 1 saturated carbocycles. The van der Waals surface area contributed by atoms with Crippen molar-refractivity contribution in [3.8, 4) is 0 Å². The van der Waals surface area contributed by atoms with E-state index in [9.17, 15) is 0 Å². The Kier molecular flexibility index (Phi) is 5.83. The van der Waals surface area contributed by atoms with Gasteiger partial charge < -0.3 is 21.0 Å². The first-order valence-electron chi connectivity index (χ1n) is 7.58. The van der Waals surface area contributed by atoms with Crippen LogP contribution in [-0.2, 0) is 4.74 Å². The molecular weight excluding hydrogens is 254 g/mol. The number of oxime groups is 1. The molecule has 20 heavy (non-hydrogen) atoms. The molecule has 0 bridgehead atoms. The van der Waals surface area contributed by atoms with Gasteiger partial charge in [0.1, 0.15) is 5.84 Å². The van der Waals surface area contributed by atoms with E-state index in [0.717, 1.165) is 32.4 Å². The lowest BCUT2D eigenvalue weighted by atomic mass is 9.64. The van der Waals surface area contributed by atoms with E-state index in [0.29, 0.717) is 18.0 Å². The lowest BCUT2D eigenvalue weighted by Crippen LogP contribution is -2.61. The third-order valence-corrected chi connectivity index (χ3v) is 4.72. The fraction of sp³-hybridized carbons (Fsp3) is 0.933. The molecule has 0 radical (unpaired) electrons. The van der Waals surface area contributed by atoms with Gasteiger partial charge in [0.05, 0.1) is 6.10 Å². The number of nitrogens with zero attached hydrogens (tertiary/aromatic N) is 1. The Morgan fingerprint density at radius 2 is 2.15 bits per heavy atom. The predicted molar refractivity (Wildman–Crippen MR) is 82.0 cm³/mol. The van der Waals surface area contributed by atoms with Crippen molar-refractivity contribution in [2.45, 2.75) is 66.0 Å². The molecule has 0 spiro atoms. The maximum absolute atomic E-state index is 8.74. The Balaban J connectivity index is 2.27. The summed E-state index contributed by atoms with van der Waals surface area (Å²) in [6, 6.07) is 0.519. The second kappa shape index (κ2) is 6.76. The number of hydrogen-bond acceptors (Lipinski definition) is 4. The van der Waals surface area contributed by atoms with Crippen molar-refractivity contribution < 1.29 is 9.94 Å². The van der Waals surface area contributed by atoms with Gasteiger partial charge in [-0.25, -0.2) is 0 Å². The zero-order valence-corrected chi connectivity index (χ0v) is 13.6. The number of nitrogens with two attached hydrogens (primary N) is 1. The monoisotopic (exact) mass is 285 g/mol. The van der Waals surface area contributed by atoms with Gasteiger partial charge >= 0.3 is 0 Å². The lowest BCUT2D eigenvalue weighted by Gasteiger charge is -2.52. The van der Waals surface area contributed by atoms with Gasteiger partial charge in [-0.15, -0.1) is 0 Å². The minimum atomic E-state index is -0.251. The van der Waals surface area contributed by atoms with E-state index in [1.807, 2.05) is 20.8 Å². The van der Waals surface area contributed by atoms with E-state index in [1.165, 1.54) is 0 Å². The number of nitrogens with one attached hydrogen (secondary N) is 1. The third-order valence-electron chi connectivity index (χ3n) is 4.72. The van der Waals surface area contributed by atoms with Crippen molar-refractivity contribution in [3.63, 3.8) is 0 Å². The maximum Gasteiger partial charge on any atom is 0.144 e. The largest absolute Gasteiger partial charge is 0.409 e. The molecule has 1 aliphatic rings. The zero-order chi connectivity index (χ0) is 15.4. The van der Waals surface area contributed by atoms with Crippen molar-refractivity contribution in [1.29, 1.82) is 0 Å². The minimum absolute atomic E-state index is 0.205. The SMILES string of the molecule is CCOC1CC(NCCCC(C)(C)C(N)=NO)C1(C)C. The standard InChI is InChI=1S/C15H31N3O2/c1-6-20-12-10-11(15(12,4)5)17-9-7-8-14(2,3)13(16)18-19/h11-12,17,19H,6-10H2,1-5H3,(H2,16,18). The van der Waals surface area contributed by atoms with Crippen LogP contribution >= 0.6 is 0 Å². The van der Waals surface area contributed by atoms with Crippen LogP contribution in [0.3, 0.4) is 0 Å². The molecule has 2 unspecified atom stereocenters. The number of amidine groups is 1. The summed E-state index contributed by atoms with van der Waals surface area (Å²) < 4.78 is 5.73. The average Bonchev–Trinajstić information content (AvgIpc) is 2.39. The van der Waals surface area contributed by atoms with Crippen molar-refractivity contribution in [3.05, 3.63) is 0 Å². The lowest BCUT2D eigenvalue weighted by molar-refractivity contribution is -0.114. The number of hydrogen-bond donors (Lipinski definition) is 3. The van der Waals surface area contributed by atoms with Crippen LogP contribution in [-0.4, -0.2) is 36.3 Å². The van der Waals surface area contributed by atoms with Crippen LogP contribution in [0.15, 0.2) is 5.16 Å². The molecule has 1 rings (SSSR count). The Bertz CT molecular complexity index is 340. The van der Waals surface area contributed by atoms with Crippen LogP contribution in [0.25, 0.3) is 0 Å². The van der Waals surface area contributed by atoms with Gasteiger partial charge in [0.2, 0.25) is 0 Å². The molecule has 118 valence electrons. The summed E-state index contributed by atoms with van der Waals surface area (Å²) in [6.45, 7) is 12.3. The van der Waals surface area contributed by atoms with Crippen molar-refractivity contribution in [2.24, 2.45) is 21.7 Å². The highest BCUT2D eigenvalue weighted by molar-refractivity contribution is 5.85. The molecular formula is C15H31N3O2. The summed E-state index contributed by atoms with van der Waals surface area (Å²) in [5, 5.41) is 15.5. The summed E-state index contributed by atoms with van der Waals surface area (Å²) >= 11 is 0. The second-order valence-corrected chi connectivity index (χ2v) is 6.98. The minimum Gasteiger partial charge on any atom is -0.409 e. The number of rotatable bonds is 8. The zero-order valence-electron chi connectivity index (χ0n) is 13.6. The molecule has 1 aliphatic carbocycles. The van der Waals surface area contributed by atoms with Crippen LogP contribution in [0.4, 0.5) is 0 Å². The first-order chi connectivity index (χ1) is 9.25. The summed E-state index contributed by atoms with van der Waals surface area (Å²) in [5.41, 5.74) is 5.64. The van der Waals surface area contributed by atoms with Crippen molar-refractivity contribution >= 4 is 5.84 Å². The first-order valence-corrected chi connectivity index (χ1v) is 7.58. The van der Waals surface area contributed by atoms with Crippen LogP contribution in [0.2, 0.25) is 0 Å². The third kappa shape index (κ3) is 3.85. The van der Waals surface area contributed by atoms with Gasteiger partial charge in [-0.3, -0.25) is 0 Å². The van der Waals surface area contributed by atoms with Gasteiger partial charge in [-0.1, -0.05) is 32.9 Å². The van der Waals surface area contributed by atoms with Gasteiger partial charge in [0, 0.05) is 23.5 Å². The Labute approximate surface area is 122 Å². The molecule has 0 aliphatic heterocycles. The molecule has 0 aromatic heterocycles. The van der Waals surface area contributed by atoms with E-state index in [-0.39, 0.29) is 10.8 Å². The van der Waals surface area contributed by atoms with Crippen LogP contribution < -0.4 is 11.1 Å². The summed E-state index contributed by atoms with van der Waals surface area (Å²) in [7, 11) is 0. The fourth-order valence-corrected chi connectivity index (χ4v) is 2.79. The molecule has 5 nitrogen and oxygen atoms in total. The van der Waals surface area contributed by atoms with Crippen LogP contribution in [0, 0.1) is 10.8 Å². The van der Waals surface area contributed by atoms with E-state index in [2.05, 4.69) is 24.3 Å². The summed E-state index contributed by atoms with van der Waals surface area (Å²) in [5.74, 6) is 0.304. The average molecular weight is 285 g/mol. The van der Waals surface area contributed by atoms with Crippen LogP contribution in [0.1, 0.15) is 53.9 Å². The molecule has 0 aromatic rings. The predicted octanol–water partition coefficient (Wildman–Crippen LogP) is 2.33. The van der Waals surface area contributed by atoms with E-state index < -0.39 is 0 Å². The van der Waals surface area contributed by atoms with E-state index in [1.54, 1.807) is 0 Å². The smallest absolute Gasteiger partial charge is 0.144 e. The molecule has 0 aromatic carbocycles. The van der Waals surface area contributed by atoms with E-state index >= 15 is 0 Å². The molecule has 4 N–H and O–H groups in total. The highest BCUT2D eigenvalue weighted by Crippen LogP contribution is 2.42. The van der Waals surface area contributed by atoms with Crippen molar-refractivity contribution in [2.75, 3.05) is 13.2 Å². The van der Waals surface area contributed by atoms with Gasteiger partial charge in [0.15, 0.2) is 0 Å². The number of ether oxygens (including phenoxy) is 1. The topological polar surface area (TPSA) is 79.9 Å². The van der Waals surface area contributed by atoms with Crippen molar-refractivity contribution in [1.82, 2.24) is 5.32 Å². The quantitative estimate of drug-likeness (QED) is 0.210. The Morgan fingerprint density at radius 3 is 2.65 bits per heavy atom. The maximum atomic E-state index is 8.74. The highest BCUT2D eigenvalue weighted by Gasteiger charge is 2.48. The van der Waals surface area contributed by atoms with E-state index in [4.69, 9.17) is 15.7 Å². The van der Waals surface area contributed by atoms with Gasteiger partial charge in [0.25, 0.3) is 0 Å². The summed E-state index contributed by atoms with van der Waals surface area (Å²) in [4.78, 5) is 0. The van der Waals surface area contributed by atoms with Gasteiger partial charge in [-0.05, 0) is 32.7 Å². The molecule has 2 atom stereocenters. The molecule has 5 heteroatoms. The summed E-state index contributed by atoms with van der Waals surface area (Å²) in [6.07, 6.45) is 3.37. The molecule has 0 heterocycles. The second-order valence-electron chi connectivity index (χ2n) is 6.98. The fourth-order valence-electron chi connectivity index (χ4n) is 2.79. The Morgan fingerprint density at radius 1 is 1.50 bits per heavy atom.